The van der Waals surface area contributed by atoms with Crippen LogP contribution in [0.5, 0.6) is 0 Å². The lowest BCUT2D eigenvalue weighted by Gasteiger charge is -2.32. The van der Waals surface area contributed by atoms with Gasteiger partial charge in [0.1, 0.15) is 0 Å². The maximum atomic E-state index is 11.5. The third kappa shape index (κ3) is 1.61. The zero-order chi connectivity index (χ0) is 11.6. The summed E-state index contributed by atoms with van der Waals surface area (Å²) in [6.07, 6.45) is 5.00. The van der Waals surface area contributed by atoms with Crippen LogP contribution in [0.25, 0.3) is 0 Å². The first kappa shape index (κ1) is 11.1. The number of nitrogens with zero attached hydrogens (tertiary/aromatic N) is 1. The van der Waals surface area contributed by atoms with Crippen LogP contribution in [0.2, 0.25) is 0 Å². The maximum Gasteiger partial charge on any atom is 0.310 e. The smallest absolute Gasteiger partial charge is 0.310 e. The molecule has 5 nitrogen and oxygen atoms in total. The molecule has 1 aromatic heterocycles. The highest BCUT2D eigenvalue weighted by atomic mass is 16.4. The number of nitrogens with one attached hydrogen (secondary N) is 1. The van der Waals surface area contributed by atoms with E-state index in [4.69, 9.17) is 5.73 Å². The van der Waals surface area contributed by atoms with Crippen molar-refractivity contribution in [3.8, 4) is 0 Å². The van der Waals surface area contributed by atoms with Gasteiger partial charge in [0.25, 0.3) is 0 Å². The highest BCUT2D eigenvalue weighted by Crippen LogP contribution is 2.48. The second-order valence-corrected chi connectivity index (χ2v) is 4.47. The summed E-state index contributed by atoms with van der Waals surface area (Å²) in [5.74, 6) is -0.884. The fraction of sp³-hybridized carbons (Fsp3) is 0.636. The molecule has 2 rings (SSSR count). The first-order valence-corrected chi connectivity index (χ1v) is 5.63. The molecule has 0 radical (unpaired) electrons. The summed E-state index contributed by atoms with van der Waals surface area (Å²) in [5.41, 5.74) is 5.90. The van der Waals surface area contributed by atoms with Crippen LogP contribution < -0.4 is 5.73 Å². The number of aromatic nitrogens is 2. The maximum absolute atomic E-state index is 11.5. The molecule has 5 heteroatoms. The molecule has 1 heterocycles. The minimum Gasteiger partial charge on any atom is -0.481 e. The SMILES string of the molecule is NC[C@@H](c1ccn[nH]1)C1(C(=O)O)CCCC1. The molecule has 0 spiro atoms. The molecule has 0 saturated heterocycles. The number of carboxylic acid groups (broad SMARTS) is 1. The van der Waals surface area contributed by atoms with E-state index in [1.54, 1.807) is 6.20 Å². The van der Waals surface area contributed by atoms with E-state index < -0.39 is 11.4 Å². The van der Waals surface area contributed by atoms with Gasteiger partial charge in [-0.05, 0) is 18.9 Å². The fourth-order valence-electron chi connectivity index (χ4n) is 2.83. The van der Waals surface area contributed by atoms with Crippen LogP contribution in [0, 0.1) is 5.41 Å². The van der Waals surface area contributed by atoms with Crippen LogP contribution in [0.1, 0.15) is 37.3 Å². The lowest BCUT2D eigenvalue weighted by molar-refractivity contribution is -0.150. The van der Waals surface area contributed by atoms with Gasteiger partial charge in [-0.25, -0.2) is 0 Å². The molecule has 1 fully saturated rings. The molecule has 16 heavy (non-hydrogen) atoms. The topological polar surface area (TPSA) is 92.0 Å². The monoisotopic (exact) mass is 223 g/mol. The van der Waals surface area contributed by atoms with Gasteiger partial charge in [0.15, 0.2) is 0 Å². The summed E-state index contributed by atoms with van der Waals surface area (Å²) in [4.78, 5) is 11.5. The third-order valence-corrected chi connectivity index (χ3v) is 3.72. The van der Waals surface area contributed by atoms with Crippen molar-refractivity contribution in [2.45, 2.75) is 31.6 Å². The van der Waals surface area contributed by atoms with Gasteiger partial charge in [-0.3, -0.25) is 9.89 Å². The molecule has 1 aromatic rings. The fourth-order valence-corrected chi connectivity index (χ4v) is 2.83. The van der Waals surface area contributed by atoms with Crippen molar-refractivity contribution in [3.63, 3.8) is 0 Å². The molecule has 0 aliphatic heterocycles. The minimum atomic E-state index is -0.727. The lowest BCUT2D eigenvalue weighted by Crippen LogP contribution is -2.38. The summed E-state index contributed by atoms with van der Waals surface area (Å²) in [6, 6.07) is 1.82. The van der Waals surface area contributed by atoms with Crippen molar-refractivity contribution in [2.24, 2.45) is 11.1 Å². The second kappa shape index (κ2) is 4.25. The largest absolute Gasteiger partial charge is 0.481 e. The van der Waals surface area contributed by atoms with Crippen LogP contribution in [0.3, 0.4) is 0 Å². The molecular weight excluding hydrogens is 206 g/mol. The number of carboxylic acids is 1. The first-order chi connectivity index (χ1) is 7.70. The predicted octanol–water partition coefficient (Wildman–Crippen LogP) is 1.10. The Morgan fingerprint density at radius 2 is 2.31 bits per heavy atom. The number of carbonyl (C=O) groups is 1. The Balaban J connectivity index is 2.34. The Bertz CT molecular complexity index is 355. The second-order valence-electron chi connectivity index (χ2n) is 4.47. The summed E-state index contributed by atoms with van der Waals surface area (Å²) in [7, 11) is 0. The molecule has 1 aliphatic carbocycles. The van der Waals surface area contributed by atoms with Crippen molar-refractivity contribution in [2.75, 3.05) is 6.54 Å². The third-order valence-electron chi connectivity index (χ3n) is 3.72. The van der Waals surface area contributed by atoms with Crippen molar-refractivity contribution >= 4 is 5.97 Å². The number of rotatable bonds is 4. The molecular formula is C11H17N3O2. The van der Waals surface area contributed by atoms with E-state index in [-0.39, 0.29) is 5.92 Å². The van der Waals surface area contributed by atoms with Gasteiger partial charge in [0, 0.05) is 24.4 Å². The van der Waals surface area contributed by atoms with Crippen molar-refractivity contribution in [1.29, 1.82) is 0 Å². The van der Waals surface area contributed by atoms with Gasteiger partial charge in [0.2, 0.25) is 0 Å². The van der Waals surface area contributed by atoms with Crippen LogP contribution in [-0.2, 0) is 4.79 Å². The van der Waals surface area contributed by atoms with E-state index in [1.807, 2.05) is 6.07 Å². The zero-order valence-corrected chi connectivity index (χ0v) is 9.15. The highest BCUT2D eigenvalue weighted by Gasteiger charge is 2.48. The zero-order valence-electron chi connectivity index (χ0n) is 9.15. The van der Waals surface area contributed by atoms with Gasteiger partial charge in [-0.2, -0.15) is 5.10 Å². The van der Waals surface area contributed by atoms with Gasteiger partial charge < -0.3 is 10.8 Å². The van der Waals surface area contributed by atoms with Crippen molar-refractivity contribution in [3.05, 3.63) is 18.0 Å². The van der Waals surface area contributed by atoms with Crippen LogP contribution >= 0.6 is 0 Å². The summed E-state index contributed by atoms with van der Waals surface area (Å²) in [6.45, 7) is 0.342. The van der Waals surface area contributed by atoms with E-state index in [0.717, 1.165) is 18.5 Å². The Hall–Kier alpha value is -1.36. The summed E-state index contributed by atoms with van der Waals surface area (Å²) >= 11 is 0. The summed E-state index contributed by atoms with van der Waals surface area (Å²) in [5, 5.41) is 16.2. The van der Waals surface area contributed by atoms with E-state index in [0.29, 0.717) is 19.4 Å². The molecule has 0 bridgehead atoms. The number of hydrogen-bond acceptors (Lipinski definition) is 3. The summed E-state index contributed by atoms with van der Waals surface area (Å²) < 4.78 is 0. The Labute approximate surface area is 94.0 Å². The number of hydrogen-bond donors (Lipinski definition) is 3. The number of aromatic amines is 1. The van der Waals surface area contributed by atoms with E-state index in [1.165, 1.54) is 0 Å². The molecule has 88 valence electrons. The quantitative estimate of drug-likeness (QED) is 0.712. The molecule has 0 aromatic carbocycles. The Kier molecular flexibility index (Phi) is 2.96. The Morgan fingerprint density at radius 1 is 1.62 bits per heavy atom. The molecule has 0 amide bonds. The van der Waals surface area contributed by atoms with Gasteiger partial charge in [0.05, 0.1) is 5.41 Å². The van der Waals surface area contributed by atoms with Gasteiger partial charge >= 0.3 is 5.97 Å². The van der Waals surface area contributed by atoms with Gasteiger partial charge in [-0.15, -0.1) is 0 Å². The van der Waals surface area contributed by atoms with Crippen LogP contribution in [0.15, 0.2) is 12.3 Å². The first-order valence-electron chi connectivity index (χ1n) is 5.63. The number of aliphatic carboxylic acids is 1. The van der Waals surface area contributed by atoms with Crippen molar-refractivity contribution < 1.29 is 9.90 Å². The standard InChI is InChI=1S/C11H17N3O2/c12-7-8(9-3-6-13-14-9)11(10(15)16)4-1-2-5-11/h3,6,8H,1-2,4-5,7,12H2,(H,13,14)(H,15,16)/t8-/m0/s1. The number of H-pyrrole nitrogens is 1. The molecule has 0 unspecified atom stereocenters. The van der Waals surface area contributed by atoms with Crippen LogP contribution in [-0.4, -0.2) is 27.8 Å². The van der Waals surface area contributed by atoms with E-state index in [9.17, 15) is 9.90 Å². The average Bonchev–Trinajstić information content (AvgIpc) is 2.89. The van der Waals surface area contributed by atoms with Crippen molar-refractivity contribution in [1.82, 2.24) is 10.2 Å². The number of nitrogens with two attached hydrogens (primary N) is 1. The Morgan fingerprint density at radius 3 is 2.75 bits per heavy atom. The van der Waals surface area contributed by atoms with Crippen LogP contribution in [0.4, 0.5) is 0 Å². The lowest BCUT2D eigenvalue weighted by atomic mass is 9.72. The average molecular weight is 223 g/mol. The minimum absolute atomic E-state index is 0.157. The normalized spacial score (nSPS) is 20.8. The van der Waals surface area contributed by atoms with Gasteiger partial charge in [-0.1, -0.05) is 12.8 Å². The molecule has 4 N–H and O–H groups in total. The molecule has 1 atom stereocenters. The molecule has 1 saturated carbocycles. The van der Waals surface area contributed by atoms with E-state index >= 15 is 0 Å². The van der Waals surface area contributed by atoms with E-state index in [2.05, 4.69) is 10.2 Å². The highest BCUT2D eigenvalue weighted by molar-refractivity contribution is 5.76. The predicted molar refractivity (Wildman–Crippen MR) is 58.9 cm³/mol. The molecule has 1 aliphatic rings.